The molecule has 0 fully saturated rings. The summed E-state index contributed by atoms with van der Waals surface area (Å²) in [6.45, 7) is 0.322. The van der Waals surface area contributed by atoms with Gasteiger partial charge in [-0.1, -0.05) is 46.9 Å². The van der Waals surface area contributed by atoms with Crippen LogP contribution in [0.1, 0.15) is 16.1 Å². The van der Waals surface area contributed by atoms with E-state index in [1.54, 1.807) is 19.2 Å². The maximum Gasteiger partial charge on any atom is 0.274 e. The molecule has 7 heteroatoms. The molecule has 0 radical (unpaired) electrons. The van der Waals surface area contributed by atoms with Crippen molar-refractivity contribution >= 4 is 40.7 Å². The highest BCUT2D eigenvalue weighted by Gasteiger charge is 2.15. The standard InChI is InChI=1S/C13H10Cl3N3O/c1-19(7-8-3-2-4-9(14)12(8)16)13(20)10-5-18-11(15)6-17-10/h2-6H,7H2,1H3. The summed E-state index contributed by atoms with van der Waals surface area (Å²) in [5, 5.41) is 1.13. The number of hydrogen-bond donors (Lipinski definition) is 0. The predicted octanol–water partition coefficient (Wildman–Crippen LogP) is 3.71. The van der Waals surface area contributed by atoms with Crippen LogP contribution in [0.3, 0.4) is 0 Å². The molecule has 1 aromatic heterocycles. The molecule has 2 aromatic rings. The minimum Gasteiger partial charge on any atom is -0.336 e. The van der Waals surface area contributed by atoms with Crippen LogP contribution in [-0.2, 0) is 6.54 Å². The fraction of sp³-hybridized carbons (Fsp3) is 0.154. The van der Waals surface area contributed by atoms with Crippen molar-refractivity contribution in [3.05, 3.63) is 57.0 Å². The fourth-order valence-corrected chi connectivity index (χ4v) is 2.09. The van der Waals surface area contributed by atoms with Gasteiger partial charge in [-0.25, -0.2) is 9.97 Å². The number of rotatable bonds is 3. The van der Waals surface area contributed by atoms with Crippen LogP contribution in [-0.4, -0.2) is 27.8 Å². The van der Waals surface area contributed by atoms with Gasteiger partial charge in [0, 0.05) is 13.6 Å². The van der Waals surface area contributed by atoms with E-state index in [4.69, 9.17) is 34.8 Å². The van der Waals surface area contributed by atoms with Crippen molar-refractivity contribution in [1.29, 1.82) is 0 Å². The molecule has 4 nitrogen and oxygen atoms in total. The Morgan fingerprint density at radius 3 is 2.60 bits per heavy atom. The van der Waals surface area contributed by atoms with Gasteiger partial charge in [-0.2, -0.15) is 0 Å². The summed E-state index contributed by atoms with van der Waals surface area (Å²) < 4.78 is 0. The Hall–Kier alpha value is -1.36. The third kappa shape index (κ3) is 3.39. The van der Waals surface area contributed by atoms with Gasteiger partial charge in [0.2, 0.25) is 0 Å². The molecule has 0 aliphatic carbocycles. The first-order valence-electron chi connectivity index (χ1n) is 5.65. The average Bonchev–Trinajstić information content (AvgIpc) is 2.44. The molecule has 20 heavy (non-hydrogen) atoms. The lowest BCUT2D eigenvalue weighted by molar-refractivity contribution is 0.0779. The van der Waals surface area contributed by atoms with Crippen molar-refractivity contribution in [2.45, 2.75) is 6.54 Å². The quantitative estimate of drug-likeness (QED) is 0.862. The number of aromatic nitrogens is 2. The third-order valence-corrected chi connectivity index (χ3v) is 3.68. The summed E-state index contributed by atoms with van der Waals surface area (Å²) in [4.78, 5) is 21.4. The second kappa shape index (κ2) is 6.39. The number of carbonyl (C=O) groups is 1. The smallest absolute Gasteiger partial charge is 0.274 e. The van der Waals surface area contributed by atoms with Gasteiger partial charge in [-0.3, -0.25) is 4.79 Å². The maximum absolute atomic E-state index is 12.2. The van der Waals surface area contributed by atoms with Crippen LogP contribution >= 0.6 is 34.8 Å². The lowest BCUT2D eigenvalue weighted by Crippen LogP contribution is -2.27. The first-order valence-corrected chi connectivity index (χ1v) is 6.78. The van der Waals surface area contributed by atoms with E-state index < -0.39 is 0 Å². The van der Waals surface area contributed by atoms with Gasteiger partial charge in [0.05, 0.1) is 22.4 Å². The lowest BCUT2D eigenvalue weighted by Gasteiger charge is -2.17. The number of nitrogens with zero attached hydrogens (tertiary/aromatic N) is 3. The van der Waals surface area contributed by atoms with Gasteiger partial charge in [0.15, 0.2) is 0 Å². The van der Waals surface area contributed by atoms with Crippen molar-refractivity contribution in [3.8, 4) is 0 Å². The Balaban J connectivity index is 2.15. The molecular formula is C13H10Cl3N3O. The highest BCUT2D eigenvalue weighted by Crippen LogP contribution is 2.26. The molecular weight excluding hydrogens is 321 g/mol. The van der Waals surface area contributed by atoms with E-state index >= 15 is 0 Å². The average molecular weight is 331 g/mol. The van der Waals surface area contributed by atoms with E-state index in [9.17, 15) is 4.79 Å². The van der Waals surface area contributed by atoms with Gasteiger partial charge >= 0.3 is 0 Å². The molecule has 0 aliphatic heterocycles. The largest absolute Gasteiger partial charge is 0.336 e. The maximum atomic E-state index is 12.2. The minimum absolute atomic E-state index is 0.218. The molecule has 2 rings (SSSR count). The monoisotopic (exact) mass is 329 g/mol. The van der Waals surface area contributed by atoms with Gasteiger partial charge < -0.3 is 4.90 Å². The van der Waals surface area contributed by atoms with Crippen molar-refractivity contribution < 1.29 is 4.79 Å². The van der Waals surface area contributed by atoms with Crippen molar-refractivity contribution in [2.24, 2.45) is 0 Å². The number of halogens is 3. The zero-order chi connectivity index (χ0) is 14.7. The topological polar surface area (TPSA) is 46.1 Å². The van der Waals surface area contributed by atoms with E-state index in [1.807, 2.05) is 6.07 Å². The Kier molecular flexibility index (Phi) is 4.81. The SMILES string of the molecule is CN(Cc1cccc(Cl)c1Cl)C(=O)c1cnc(Cl)cn1. The van der Waals surface area contributed by atoms with Crippen LogP contribution in [0.4, 0.5) is 0 Å². The number of amides is 1. The lowest BCUT2D eigenvalue weighted by atomic mass is 10.2. The van der Waals surface area contributed by atoms with Crippen LogP contribution in [0, 0.1) is 0 Å². The molecule has 0 aliphatic rings. The Morgan fingerprint density at radius 2 is 1.95 bits per heavy atom. The molecule has 0 bridgehead atoms. The van der Waals surface area contributed by atoms with Crippen molar-refractivity contribution in [2.75, 3.05) is 7.05 Å². The van der Waals surface area contributed by atoms with Crippen LogP contribution in [0.2, 0.25) is 15.2 Å². The van der Waals surface area contributed by atoms with Crippen molar-refractivity contribution in [1.82, 2.24) is 14.9 Å². The summed E-state index contributed by atoms with van der Waals surface area (Å²) >= 11 is 17.7. The van der Waals surface area contributed by atoms with E-state index in [0.717, 1.165) is 5.56 Å². The van der Waals surface area contributed by atoms with Gasteiger partial charge in [-0.15, -0.1) is 0 Å². The fourth-order valence-electron chi connectivity index (χ4n) is 1.62. The first kappa shape index (κ1) is 15.0. The normalized spacial score (nSPS) is 10.4. The Morgan fingerprint density at radius 1 is 1.20 bits per heavy atom. The van der Waals surface area contributed by atoms with Crippen LogP contribution in [0.5, 0.6) is 0 Å². The van der Waals surface area contributed by atoms with E-state index in [-0.39, 0.29) is 16.8 Å². The second-order valence-corrected chi connectivity index (χ2v) is 5.27. The summed E-state index contributed by atoms with van der Waals surface area (Å²) in [6.07, 6.45) is 2.66. The summed E-state index contributed by atoms with van der Waals surface area (Å²) in [5.74, 6) is -0.273. The van der Waals surface area contributed by atoms with E-state index in [2.05, 4.69) is 9.97 Å². The van der Waals surface area contributed by atoms with Gasteiger partial charge in [0.25, 0.3) is 5.91 Å². The van der Waals surface area contributed by atoms with Crippen LogP contribution in [0.25, 0.3) is 0 Å². The van der Waals surface area contributed by atoms with Gasteiger partial charge in [-0.05, 0) is 11.6 Å². The number of hydrogen-bond acceptors (Lipinski definition) is 3. The predicted molar refractivity (Wildman–Crippen MR) is 79.3 cm³/mol. The van der Waals surface area contributed by atoms with E-state index in [0.29, 0.717) is 16.6 Å². The molecule has 0 spiro atoms. The van der Waals surface area contributed by atoms with Crippen LogP contribution in [0.15, 0.2) is 30.6 Å². The molecule has 0 unspecified atom stereocenters. The highest BCUT2D eigenvalue weighted by molar-refractivity contribution is 6.42. The first-order chi connectivity index (χ1) is 9.49. The molecule has 0 saturated carbocycles. The summed E-state index contributed by atoms with van der Waals surface area (Å²) in [7, 11) is 1.65. The second-order valence-electron chi connectivity index (χ2n) is 4.10. The molecule has 1 heterocycles. The molecule has 0 N–H and O–H groups in total. The summed E-state index contributed by atoms with van der Waals surface area (Å²) in [5.41, 5.74) is 0.979. The molecule has 104 valence electrons. The molecule has 0 atom stereocenters. The molecule has 0 saturated heterocycles. The van der Waals surface area contributed by atoms with Crippen molar-refractivity contribution in [3.63, 3.8) is 0 Å². The van der Waals surface area contributed by atoms with Crippen LogP contribution < -0.4 is 0 Å². The number of carbonyl (C=O) groups excluding carboxylic acids is 1. The Bertz CT molecular complexity index is 631. The Labute approximate surface area is 131 Å². The zero-order valence-corrected chi connectivity index (χ0v) is 12.7. The zero-order valence-electron chi connectivity index (χ0n) is 10.5. The molecule has 1 amide bonds. The van der Waals surface area contributed by atoms with Gasteiger partial charge in [0.1, 0.15) is 10.8 Å². The minimum atomic E-state index is -0.273. The number of benzene rings is 1. The molecule has 1 aromatic carbocycles. The summed E-state index contributed by atoms with van der Waals surface area (Å²) in [6, 6.07) is 5.29. The third-order valence-electron chi connectivity index (χ3n) is 2.63. The van der Waals surface area contributed by atoms with E-state index in [1.165, 1.54) is 17.3 Å². The highest BCUT2D eigenvalue weighted by atomic mass is 35.5.